The lowest BCUT2D eigenvalue weighted by atomic mass is 9.85. The molecule has 2 atom stereocenters. The number of amides is 1. The van der Waals surface area contributed by atoms with Gasteiger partial charge in [0.2, 0.25) is 5.91 Å². The molecule has 106 valence electrons. The zero-order valence-corrected chi connectivity index (χ0v) is 12.0. The molecular formula is C14H29N3O. The number of hydrogen-bond donors (Lipinski definition) is 2. The Bertz CT molecular complexity index is 270. The van der Waals surface area contributed by atoms with Gasteiger partial charge in [-0.2, -0.15) is 0 Å². The molecule has 18 heavy (non-hydrogen) atoms. The molecular weight excluding hydrogens is 226 g/mol. The number of rotatable bonds is 8. The largest absolute Gasteiger partial charge is 0.368 e. The SMILES string of the molecule is CCCCCN(C)CCC1CCCC1(N)C(N)=O. The van der Waals surface area contributed by atoms with Gasteiger partial charge >= 0.3 is 0 Å². The van der Waals surface area contributed by atoms with Crippen molar-refractivity contribution in [3.8, 4) is 0 Å². The Labute approximate surface area is 111 Å². The van der Waals surface area contributed by atoms with Gasteiger partial charge in [0.05, 0.1) is 5.54 Å². The summed E-state index contributed by atoms with van der Waals surface area (Å²) < 4.78 is 0. The van der Waals surface area contributed by atoms with Gasteiger partial charge in [-0.1, -0.05) is 26.2 Å². The van der Waals surface area contributed by atoms with E-state index in [0.717, 1.165) is 38.8 Å². The summed E-state index contributed by atoms with van der Waals surface area (Å²) in [6, 6.07) is 0. The molecule has 0 aromatic heterocycles. The third-order valence-corrected chi connectivity index (χ3v) is 4.33. The fourth-order valence-electron chi connectivity index (χ4n) is 2.95. The quantitative estimate of drug-likeness (QED) is 0.645. The summed E-state index contributed by atoms with van der Waals surface area (Å²) in [5.41, 5.74) is 10.9. The highest BCUT2D eigenvalue weighted by atomic mass is 16.1. The van der Waals surface area contributed by atoms with Crippen molar-refractivity contribution in [2.75, 3.05) is 20.1 Å². The van der Waals surface area contributed by atoms with E-state index in [9.17, 15) is 4.79 Å². The molecule has 1 amide bonds. The Kier molecular flexibility index (Phi) is 6.09. The van der Waals surface area contributed by atoms with E-state index >= 15 is 0 Å². The summed E-state index contributed by atoms with van der Waals surface area (Å²) in [5.74, 6) is -0.0535. The first kappa shape index (κ1) is 15.4. The van der Waals surface area contributed by atoms with Crippen LogP contribution in [0.25, 0.3) is 0 Å². The molecule has 0 radical (unpaired) electrons. The maximum absolute atomic E-state index is 11.5. The number of nitrogens with zero attached hydrogens (tertiary/aromatic N) is 1. The molecule has 4 N–H and O–H groups in total. The second-order valence-electron chi connectivity index (χ2n) is 5.79. The number of hydrogen-bond acceptors (Lipinski definition) is 3. The van der Waals surface area contributed by atoms with Crippen molar-refractivity contribution in [3.05, 3.63) is 0 Å². The van der Waals surface area contributed by atoms with E-state index in [1.54, 1.807) is 0 Å². The van der Waals surface area contributed by atoms with Crippen molar-refractivity contribution in [1.82, 2.24) is 4.90 Å². The highest BCUT2D eigenvalue weighted by Crippen LogP contribution is 2.35. The summed E-state index contributed by atoms with van der Waals surface area (Å²) in [5, 5.41) is 0. The zero-order chi connectivity index (χ0) is 13.6. The molecule has 1 fully saturated rings. The first-order valence-electron chi connectivity index (χ1n) is 7.28. The fourth-order valence-corrected chi connectivity index (χ4v) is 2.95. The Hall–Kier alpha value is -0.610. The number of unbranched alkanes of at least 4 members (excludes halogenated alkanes) is 2. The van der Waals surface area contributed by atoms with Crippen LogP contribution in [0.5, 0.6) is 0 Å². The minimum atomic E-state index is -0.746. The highest BCUT2D eigenvalue weighted by Gasteiger charge is 2.43. The molecule has 1 aliphatic rings. The van der Waals surface area contributed by atoms with Crippen LogP contribution < -0.4 is 11.5 Å². The van der Waals surface area contributed by atoms with Crippen LogP contribution in [-0.4, -0.2) is 36.5 Å². The van der Waals surface area contributed by atoms with Crippen LogP contribution in [0.4, 0.5) is 0 Å². The second-order valence-corrected chi connectivity index (χ2v) is 5.79. The van der Waals surface area contributed by atoms with Crippen LogP contribution in [0, 0.1) is 5.92 Å². The molecule has 0 spiro atoms. The van der Waals surface area contributed by atoms with Crippen molar-refractivity contribution in [2.45, 2.75) is 57.4 Å². The van der Waals surface area contributed by atoms with E-state index in [0.29, 0.717) is 0 Å². The van der Waals surface area contributed by atoms with Crippen molar-refractivity contribution in [1.29, 1.82) is 0 Å². The molecule has 0 bridgehead atoms. The minimum absolute atomic E-state index is 0.267. The van der Waals surface area contributed by atoms with E-state index in [-0.39, 0.29) is 11.8 Å². The van der Waals surface area contributed by atoms with Gasteiger partial charge in [0.15, 0.2) is 0 Å². The third kappa shape index (κ3) is 3.95. The minimum Gasteiger partial charge on any atom is -0.368 e. The van der Waals surface area contributed by atoms with Crippen LogP contribution in [0.15, 0.2) is 0 Å². The average Bonchev–Trinajstić information content (AvgIpc) is 2.70. The Morgan fingerprint density at radius 1 is 1.39 bits per heavy atom. The van der Waals surface area contributed by atoms with Gasteiger partial charge in [-0.25, -0.2) is 0 Å². The van der Waals surface area contributed by atoms with Gasteiger partial charge < -0.3 is 16.4 Å². The maximum Gasteiger partial charge on any atom is 0.237 e. The van der Waals surface area contributed by atoms with Crippen LogP contribution in [0.2, 0.25) is 0 Å². The molecule has 0 aromatic carbocycles. The van der Waals surface area contributed by atoms with Gasteiger partial charge in [-0.15, -0.1) is 0 Å². The van der Waals surface area contributed by atoms with Crippen LogP contribution in [-0.2, 0) is 4.79 Å². The topological polar surface area (TPSA) is 72.3 Å². The molecule has 1 aliphatic carbocycles. The van der Waals surface area contributed by atoms with Gasteiger partial charge in [-0.05, 0) is 51.7 Å². The molecule has 0 heterocycles. The molecule has 0 aliphatic heterocycles. The summed E-state index contributed by atoms with van der Waals surface area (Å²) in [7, 11) is 2.15. The van der Waals surface area contributed by atoms with Crippen molar-refractivity contribution in [3.63, 3.8) is 0 Å². The lowest BCUT2D eigenvalue weighted by Gasteiger charge is -2.29. The zero-order valence-electron chi connectivity index (χ0n) is 12.0. The summed E-state index contributed by atoms with van der Waals surface area (Å²) in [6.07, 6.45) is 7.61. The van der Waals surface area contributed by atoms with Crippen LogP contribution in [0.1, 0.15) is 51.9 Å². The first-order chi connectivity index (χ1) is 8.50. The molecule has 4 nitrogen and oxygen atoms in total. The molecule has 0 saturated heterocycles. The predicted octanol–water partition coefficient (Wildman–Crippen LogP) is 1.48. The van der Waals surface area contributed by atoms with E-state index in [2.05, 4.69) is 18.9 Å². The number of primary amides is 1. The molecule has 1 rings (SSSR count). The monoisotopic (exact) mass is 255 g/mol. The molecule has 0 aromatic rings. The Balaban J connectivity index is 2.32. The van der Waals surface area contributed by atoms with E-state index in [1.165, 1.54) is 19.3 Å². The summed E-state index contributed by atoms with van der Waals surface area (Å²) >= 11 is 0. The van der Waals surface area contributed by atoms with Crippen LogP contribution in [0.3, 0.4) is 0 Å². The van der Waals surface area contributed by atoms with E-state index < -0.39 is 5.54 Å². The van der Waals surface area contributed by atoms with Gasteiger partial charge in [0.25, 0.3) is 0 Å². The normalized spacial score (nSPS) is 27.9. The molecule has 2 unspecified atom stereocenters. The molecule has 1 saturated carbocycles. The van der Waals surface area contributed by atoms with Crippen molar-refractivity contribution < 1.29 is 4.79 Å². The van der Waals surface area contributed by atoms with Gasteiger partial charge in [0, 0.05) is 0 Å². The second kappa shape index (κ2) is 7.10. The maximum atomic E-state index is 11.5. The highest BCUT2D eigenvalue weighted by molar-refractivity contribution is 5.85. The lowest BCUT2D eigenvalue weighted by Crippen LogP contribution is -2.55. The average molecular weight is 255 g/mol. The van der Waals surface area contributed by atoms with Gasteiger partial charge in [-0.3, -0.25) is 4.79 Å². The van der Waals surface area contributed by atoms with Crippen molar-refractivity contribution >= 4 is 5.91 Å². The standard InChI is InChI=1S/C14H29N3O/c1-3-4-5-10-17(2)11-8-12-7-6-9-14(12,16)13(15)18/h12H,3-11,16H2,1-2H3,(H2,15,18). The first-order valence-corrected chi connectivity index (χ1v) is 7.28. The smallest absolute Gasteiger partial charge is 0.237 e. The predicted molar refractivity (Wildman–Crippen MR) is 75.1 cm³/mol. The number of carbonyl (C=O) groups is 1. The van der Waals surface area contributed by atoms with Crippen molar-refractivity contribution in [2.24, 2.45) is 17.4 Å². The number of nitrogens with two attached hydrogens (primary N) is 2. The summed E-state index contributed by atoms with van der Waals surface area (Å²) in [6.45, 7) is 4.36. The third-order valence-electron chi connectivity index (χ3n) is 4.33. The van der Waals surface area contributed by atoms with E-state index in [4.69, 9.17) is 11.5 Å². The Morgan fingerprint density at radius 2 is 2.11 bits per heavy atom. The fraction of sp³-hybridized carbons (Fsp3) is 0.929. The Morgan fingerprint density at radius 3 is 2.72 bits per heavy atom. The van der Waals surface area contributed by atoms with E-state index in [1.807, 2.05) is 0 Å². The van der Waals surface area contributed by atoms with Gasteiger partial charge in [0.1, 0.15) is 0 Å². The molecule has 4 heteroatoms. The number of carbonyl (C=O) groups excluding carboxylic acids is 1. The summed E-state index contributed by atoms with van der Waals surface area (Å²) in [4.78, 5) is 13.8. The lowest BCUT2D eigenvalue weighted by molar-refractivity contribution is -0.124. The van der Waals surface area contributed by atoms with Crippen LogP contribution >= 0.6 is 0 Å².